The standard InChI is InChI=1S/C15H13BrClNO2/c16-13-4-2-1-3-10(13)9-18(11-5-6-11)15(19)12-7-8-20-14(12)17/h1-4,7-8,11H,5-6,9H2. The molecule has 2 aromatic rings. The van der Waals surface area contributed by atoms with Gasteiger partial charge in [0.25, 0.3) is 5.91 Å². The molecule has 1 amide bonds. The lowest BCUT2D eigenvalue weighted by molar-refractivity contribution is 0.0729. The van der Waals surface area contributed by atoms with Gasteiger partial charge in [0.15, 0.2) is 0 Å². The molecule has 1 aromatic carbocycles. The average molecular weight is 355 g/mol. The van der Waals surface area contributed by atoms with Crippen LogP contribution in [0.2, 0.25) is 5.22 Å². The van der Waals surface area contributed by atoms with Crippen LogP contribution < -0.4 is 0 Å². The van der Waals surface area contributed by atoms with Crippen LogP contribution in [0.1, 0.15) is 28.8 Å². The second kappa shape index (κ2) is 5.62. The first kappa shape index (κ1) is 13.7. The molecule has 0 aliphatic heterocycles. The fourth-order valence-corrected chi connectivity index (χ4v) is 2.77. The van der Waals surface area contributed by atoms with E-state index in [1.54, 1.807) is 6.07 Å². The van der Waals surface area contributed by atoms with Crippen molar-refractivity contribution >= 4 is 33.4 Å². The Morgan fingerprint density at radius 2 is 2.10 bits per heavy atom. The zero-order chi connectivity index (χ0) is 14.1. The number of amides is 1. The number of carbonyl (C=O) groups is 1. The Labute approximate surface area is 130 Å². The number of carbonyl (C=O) groups excluding carboxylic acids is 1. The number of rotatable bonds is 4. The number of furan rings is 1. The van der Waals surface area contributed by atoms with E-state index in [4.69, 9.17) is 16.0 Å². The van der Waals surface area contributed by atoms with E-state index in [2.05, 4.69) is 15.9 Å². The smallest absolute Gasteiger partial charge is 0.259 e. The van der Waals surface area contributed by atoms with E-state index in [1.807, 2.05) is 29.2 Å². The minimum absolute atomic E-state index is 0.0676. The Bertz CT molecular complexity index is 636. The van der Waals surface area contributed by atoms with Crippen molar-refractivity contribution in [1.29, 1.82) is 0 Å². The molecular weight excluding hydrogens is 342 g/mol. The first-order valence-corrected chi connectivity index (χ1v) is 7.61. The zero-order valence-electron chi connectivity index (χ0n) is 10.7. The first-order valence-electron chi connectivity index (χ1n) is 6.44. The van der Waals surface area contributed by atoms with Crippen LogP contribution in [0, 0.1) is 0 Å². The second-order valence-corrected chi connectivity index (χ2v) is 6.06. The predicted octanol–water partition coefficient (Wildman–Crippen LogP) is 4.50. The third kappa shape index (κ3) is 2.76. The van der Waals surface area contributed by atoms with Crippen molar-refractivity contribution in [1.82, 2.24) is 4.90 Å². The summed E-state index contributed by atoms with van der Waals surface area (Å²) < 4.78 is 6.03. The Kier molecular flexibility index (Phi) is 3.85. The van der Waals surface area contributed by atoms with Gasteiger partial charge in [0.1, 0.15) is 0 Å². The van der Waals surface area contributed by atoms with E-state index in [-0.39, 0.29) is 11.1 Å². The number of halogens is 2. The molecule has 0 N–H and O–H groups in total. The van der Waals surface area contributed by atoms with Crippen LogP contribution in [-0.4, -0.2) is 16.8 Å². The van der Waals surface area contributed by atoms with E-state index in [9.17, 15) is 4.79 Å². The van der Waals surface area contributed by atoms with Crippen LogP contribution in [0.3, 0.4) is 0 Å². The van der Waals surface area contributed by atoms with Gasteiger partial charge in [-0.15, -0.1) is 0 Å². The highest BCUT2D eigenvalue weighted by Crippen LogP contribution is 2.32. The number of benzene rings is 1. The largest absolute Gasteiger partial charge is 0.452 e. The fraction of sp³-hybridized carbons (Fsp3) is 0.267. The minimum atomic E-state index is -0.0676. The third-order valence-corrected chi connectivity index (χ3v) is 4.46. The molecule has 0 saturated heterocycles. The van der Waals surface area contributed by atoms with Crippen molar-refractivity contribution in [3.8, 4) is 0 Å². The van der Waals surface area contributed by atoms with Gasteiger partial charge in [-0.3, -0.25) is 4.79 Å². The predicted molar refractivity (Wildman–Crippen MR) is 80.8 cm³/mol. The molecule has 104 valence electrons. The minimum Gasteiger partial charge on any atom is -0.452 e. The Hall–Kier alpha value is -1.26. The van der Waals surface area contributed by atoms with Crippen molar-refractivity contribution in [2.45, 2.75) is 25.4 Å². The summed E-state index contributed by atoms with van der Waals surface area (Å²) in [6.07, 6.45) is 3.54. The van der Waals surface area contributed by atoms with Crippen molar-refractivity contribution < 1.29 is 9.21 Å². The van der Waals surface area contributed by atoms with Gasteiger partial charge in [-0.1, -0.05) is 34.1 Å². The summed E-state index contributed by atoms with van der Waals surface area (Å²) in [6, 6.07) is 9.87. The van der Waals surface area contributed by atoms with Gasteiger partial charge < -0.3 is 9.32 Å². The topological polar surface area (TPSA) is 33.5 Å². The summed E-state index contributed by atoms with van der Waals surface area (Å²) in [7, 11) is 0. The van der Waals surface area contributed by atoms with E-state index in [0.29, 0.717) is 18.2 Å². The molecule has 0 unspecified atom stereocenters. The zero-order valence-corrected chi connectivity index (χ0v) is 13.0. The molecule has 1 saturated carbocycles. The lowest BCUT2D eigenvalue weighted by Gasteiger charge is -2.22. The molecule has 5 heteroatoms. The van der Waals surface area contributed by atoms with Crippen LogP contribution in [0.4, 0.5) is 0 Å². The number of hydrogen-bond donors (Lipinski definition) is 0. The van der Waals surface area contributed by atoms with Gasteiger partial charge in [0.2, 0.25) is 5.22 Å². The summed E-state index contributed by atoms with van der Waals surface area (Å²) in [6.45, 7) is 0.576. The number of hydrogen-bond acceptors (Lipinski definition) is 2. The monoisotopic (exact) mass is 353 g/mol. The number of nitrogens with zero attached hydrogens (tertiary/aromatic N) is 1. The van der Waals surface area contributed by atoms with Crippen LogP contribution in [0.15, 0.2) is 45.5 Å². The summed E-state index contributed by atoms with van der Waals surface area (Å²) in [4.78, 5) is 14.5. The summed E-state index contributed by atoms with van der Waals surface area (Å²) >= 11 is 9.44. The van der Waals surface area contributed by atoms with E-state index in [1.165, 1.54) is 6.26 Å². The highest BCUT2D eigenvalue weighted by atomic mass is 79.9. The van der Waals surface area contributed by atoms with Crippen molar-refractivity contribution in [2.75, 3.05) is 0 Å². The first-order chi connectivity index (χ1) is 9.66. The lowest BCUT2D eigenvalue weighted by Crippen LogP contribution is -2.32. The summed E-state index contributed by atoms with van der Waals surface area (Å²) in [5.41, 5.74) is 1.53. The third-order valence-electron chi connectivity index (χ3n) is 3.40. The van der Waals surface area contributed by atoms with Crippen molar-refractivity contribution in [3.63, 3.8) is 0 Å². The van der Waals surface area contributed by atoms with Gasteiger partial charge >= 0.3 is 0 Å². The molecule has 0 atom stereocenters. The second-order valence-electron chi connectivity index (χ2n) is 4.86. The highest BCUT2D eigenvalue weighted by Gasteiger charge is 2.34. The van der Waals surface area contributed by atoms with Crippen LogP contribution in [0.25, 0.3) is 0 Å². The SMILES string of the molecule is O=C(c1ccoc1Cl)N(Cc1ccccc1Br)C1CC1. The molecule has 1 fully saturated rings. The van der Waals surface area contributed by atoms with E-state index in [0.717, 1.165) is 22.9 Å². The normalized spacial score (nSPS) is 14.3. The molecule has 1 aromatic heterocycles. The molecule has 1 aliphatic rings. The van der Waals surface area contributed by atoms with Gasteiger partial charge in [-0.2, -0.15) is 0 Å². The van der Waals surface area contributed by atoms with Crippen LogP contribution in [0.5, 0.6) is 0 Å². The molecule has 3 rings (SSSR count). The van der Waals surface area contributed by atoms with Crippen LogP contribution >= 0.6 is 27.5 Å². The molecule has 20 heavy (non-hydrogen) atoms. The maximum absolute atomic E-state index is 12.6. The summed E-state index contributed by atoms with van der Waals surface area (Å²) in [5, 5.41) is 0.160. The maximum atomic E-state index is 12.6. The quantitative estimate of drug-likeness (QED) is 0.810. The molecule has 0 radical (unpaired) electrons. The molecular formula is C15H13BrClNO2. The summed E-state index contributed by atoms with van der Waals surface area (Å²) in [5.74, 6) is -0.0676. The van der Waals surface area contributed by atoms with Crippen LogP contribution in [-0.2, 0) is 6.54 Å². The molecule has 1 aliphatic carbocycles. The van der Waals surface area contributed by atoms with Crippen molar-refractivity contribution in [3.05, 3.63) is 57.4 Å². The van der Waals surface area contributed by atoms with E-state index < -0.39 is 0 Å². The van der Waals surface area contributed by atoms with E-state index >= 15 is 0 Å². The molecule has 1 heterocycles. The van der Waals surface area contributed by atoms with Crippen molar-refractivity contribution in [2.24, 2.45) is 0 Å². The fourth-order valence-electron chi connectivity index (χ4n) is 2.16. The Morgan fingerprint density at radius 1 is 1.35 bits per heavy atom. The molecule has 0 spiro atoms. The highest BCUT2D eigenvalue weighted by molar-refractivity contribution is 9.10. The van der Waals surface area contributed by atoms with Gasteiger partial charge in [-0.25, -0.2) is 0 Å². The lowest BCUT2D eigenvalue weighted by atomic mass is 10.2. The average Bonchev–Trinajstić information content (AvgIpc) is 3.19. The Morgan fingerprint density at radius 3 is 2.70 bits per heavy atom. The Balaban J connectivity index is 1.85. The van der Waals surface area contributed by atoms with Gasteiger partial charge in [-0.05, 0) is 42.1 Å². The van der Waals surface area contributed by atoms with Gasteiger partial charge in [0.05, 0.1) is 11.8 Å². The molecule has 0 bridgehead atoms. The molecule has 3 nitrogen and oxygen atoms in total. The van der Waals surface area contributed by atoms with Gasteiger partial charge in [0, 0.05) is 17.1 Å². The maximum Gasteiger partial charge on any atom is 0.259 e.